The summed E-state index contributed by atoms with van der Waals surface area (Å²) in [6.07, 6.45) is 0.854. The van der Waals surface area contributed by atoms with Crippen LogP contribution in [0.2, 0.25) is 0 Å². The van der Waals surface area contributed by atoms with Crippen LogP contribution in [-0.4, -0.2) is 25.7 Å². The molecule has 24 heavy (non-hydrogen) atoms. The zero-order valence-corrected chi connectivity index (χ0v) is 14.2. The standard InChI is InChI=1S/C16H16N6OS/c1-10(2)15-19-20-16-22(15)21-14(24-16)7-6-13(23)18-12-5-3-4-11(8-12)9-17/h3-5,8,10H,6-7H2,1-2H3,(H,18,23). The highest BCUT2D eigenvalue weighted by Crippen LogP contribution is 2.19. The van der Waals surface area contributed by atoms with E-state index in [-0.39, 0.29) is 11.8 Å². The van der Waals surface area contributed by atoms with Crippen LogP contribution in [0, 0.1) is 11.3 Å². The van der Waals surface area contributed by atoms with Gasteiger partial charge in [0, 0.05) is 24.4 Å². The zero-order valence-electron chi connectivity index (χ0n) is 13.4. The van der Waals surface area contributed by atoms with Crippen LogP contribution in [0.3, 0.4) is 0 Å². The number of benzene rings is 1. The smallest absolute Gasteiger partial charge is 0.234 e. The molecule has 0 unspecified atom stereocenters. The molecule has 0 fully saturated rings. The van der Waals surface area contributed by atoms with E-state index in [1.807, 2.05) is 19.9 Å². The van der Waals surface area contributed by atoms with E-state index in [4.69, 9.17) is 5.26 Å². The highest BCUT2D eigenvalue weighted by Gasteiger charge is 2.14. The first-order chi connectivity index (χ1) is 11.6. The molecule has 1 amide bonds. The molecular formula is C16H16N6OS. The molecule has 0 radical (unpaired) electrons. The maximum atomic E-state index is 12.1. The zero-order chi connectivity index (χ0) is 17.1. The Morgan fingerprint density at radius 2 is 2.25 bits per heavy atom. The van der Waals surface area contributed by atoms with E-state index in [1.165, 1.54) is 11.3 Å². The summed E-state index contributed by atoms with van der Waals surface area (Å²) in [5.74, 6) is 0.955. The number of fused-ring (bicyclic) bond motifs is 1. The van der Waals surface area contributed by atoms with E-state index in [0.717, 1.165) is 15.8 Å². The Balaban J connectivity index is 1.63. The molecule has 8 heteroatoms. The molecule has 7 nitrogen and oxygen atoms in total. The van der Waals surface area contributed by atoms with Crippen LogP contribution in [0.1, 0.15) is 42.6 Å². The van der Waals surface area contributed by atoms with Crippen LogP contribution in [-0.2, 0) is 11.2 Å². The van der Waals surface area contributed by atoms with Gasteiger partial charge >= 0.3 is 0 Å². The molecule has 1 N–H and O–H groups in total. The summed E-state index contributed by atoms with van der Waals surface area (Å²) in [4.78, 5) is 12.8. The third-order valence-corrected chi connectivity index (χ3v) is 4.37. The second-order valence-electron chi connectivity index (χ2n) is 5.64. The van der Waals surface area contributed by atoms with Crippen LogP contribution in [0.15, 0.2) is 24.3 Å². The Morgan fingerprint density at radius 1 is 1.42 bits per heavy atom. The van der Waals surface area contributed by atoms with Crippen LogP contribution in [0.25, 0.3) is 4.96 Å². The van der Waals surface area contributed by atoms with E-state index >= 15 is 0 Å². The maximum Gasteiger partial charge on any atom is 0.234 e. The van der Waals surface area contributed by atoms with Gasteiger partial charge in [-0.15, -0.1) is 10.2 Å². The van der Waals surface area contributed by atoms with Gasteiger partial charge < -0.3 is 5.32 Å². The lowest BCUT2D eigenvalue weighted by molar-refractivity contribution is -0.116. The first kappa shape index (κ1) is 16.1. The van der Waals surface area contributed by atoms with Crippen LogP contribution in [0.5, 0.6) is 0 Å². The van der Waals surface area contributed by atoms with Crippen LogP contribution in [0.4, 0.5) is 5.69 Å². The van der Waals surface area contributed by atoms with Crippen molar-refractivity contribution in [2.24, 2.45) is 0 Å². The molecule has 0 spiro atoms. The molecule has 3 rings (SSSR count). The summed E-state index contributed by atoms with van der Waals surface area (Å²) in [5.41, 5.74) is 1.14. The number of hydrogen-bond acceptors (Lipinski definition) is 6. The number of aromatic nitrogens is 4. The number of nitrogens with one attached hydrogen (secondary N) is 1. The number of nitrogens with zero attached hydrogens (tertiary/aromatic N) is 5. The van der Waals surface area contributed by atoms with Gasteiger partial charge in [0.1, 0.15) is 5.01 Å². The van der Waals surface area contributed by atoms with Crippen LogP contribution >= 0.6 is 11.3 Å². The van der Waals surface area contributed by atoms with E-state index in [1.54, 1.807) is 28.8 Å². The predicted octanol–water partition coefficient (Wildman–Crippen LogP) is 2.75. The van der Waals surface area contributed by atoms with E-state index in [2.05, 4.69) is 20.6 Å². The second-order valence-corrected chi connectivity index (χ2v) is 6.68. The highest BCUT2D eigenvalue weighted by molar-refractivity contribution is 7.16. The SMILES string of the molecule is CC(C)c1nnc2sc(CCC(=O)Nc3cccc(C#N)c3)nn12. The third-order valence-electron chi connectivity index (χ3n) is 3.41. The van der Waals surface area contributed by atoms with Gasteiger partial charge in [-0.25, -0.2) is 0 Å². The fourth-order valence-electron chi connectivity index (χ4n) is 2.24. The number of aryl methyl sites for hydroxylation is 1. The average molecular weight is 340 g/mol. The van der Waals surface area contributed by atoms with Crippen molar-refractivity contribution >= 4 is 27.9 Å². The molecule has 0 saturated heterocycles. The predicted molar refractivity (Wildman–Crippen MR) is 90.9 cm³/mol. The number of hydrogen-bond donors (Lipinski definition) is 1. The molecule has 0 atom stereocenters. The van der Waals surface area contributed by atoms with Crippen molar-refractivity contribution in [2.75, 3.05) is 5.32 Å². The van der Waals surface area contributed by atoms with Gasteiger partial charge in [-0.2, -0.15) is 14.9 Å². The number of amides is 1. The van der Waals surface area contributed by atoms with Gasteiger partial charge in [0.05, 0.1) is 11.6 Å². The van der Waals surface area contributed by atoms with Gasteiger partial charge in [0.25, 0.3) is 0 Å². The molecule has 1 aromatic carbocycles. The normalized spacial score (nSPS) is 10.9. The van der Waals surface area contributed by atoms with Gasteiger partial charge in [-0.1, -0.05) is 31.3 Å². The van der Waals surface area contributed by atoms with Gasteiger partial charge in [0.15, 0.2) is 5.82 Å². The minimum absolute atomic E-state index is 0.111. The molecule has 0 aliphatic heterocycles. The van der Waals surface area contributed by atoms with Crippen molar-refractivity contribution in [1.29, 1.82) is 5.26 Å². The summed E-state index contributed by atoms with van der Waals surface area (Å²) in [7, 11) is 0. The lowest BCUT2D eigenvalue weighted by Gasteiger charge is -2.04. The van der Waals surface area contributed by atoms with Crippen molar-refractivity contribution in [2.45, 2.75) is 32.6 Å². The van der Waals surface area contributed by atoms with Crippen molar-refractivity contribution in [1.82, 2.24) is 19.8 Å². The lowest BCUT2D eigenvalue weighted by Crippen LogP contribution is -2.12. The minimum atomic E-state index is -0.111. The molecule has 2 heterocycles. The van der Waals surface area contributed by atoms with Gasteiger partial charge in [-0.05, 0) is 18.2 Å². The number of rotatable bonds is 5. The van der Waals surface area contributed by atoms with Gasteiger partial charge in [0.2, 0.25) is 10.9 Å². The van der Waals surface area contributed by atoms with Crippen molar-refractivity contribution in [3.63, 3.8) is 0 Å². The third kappa shape index (κ3) is 3.41. The molecule has 2 aromatic heterocycles. The number of nitriles is 1. The summed E-state index contributed by atoms with van der Waals surface area (Å²) < 4.78 is 1.75. The highest BCUT2D eigenvalue weighted by atomic mass is 32.1. The molecule has 0 bridgehead atoms. The van der Waals surface area contributed by atoms with E-state index < -0.39 is 0 Å². The average Bonchev–Trinajstić information content (AvgIpc) is 3.12. The monoisotopic (exact) mass is 340 g/mol. The number of carbonyl (C=O) groups excluding carboxylic acids is 1. The van der Waals surface area contributed by atoms with E-state index in [9.17, 15) is 4.79 Å². The molecule has 0 aliphatic carbocycles. The van der Waals surface area contributed by atoms with Crippen molar-refractivity contribution in [3.8, 4) is 6.07 Å². The molecule has 3 aromatic rings. The molecular weight excluding hydrogens is 324 g/mol. The Kier molecular flexibility index (Phi) is 4.53. The number of anilines is 1. The van der Waals surface area contributed by atoms with E-state index in [0.29, 0.717) is 24.1 Å². The summed E-state index contributed by atoms with van der Waals surface area (Å²) in [5, 5.41) is 25.2. The Hall–Kier alpha value is -2.79. The summed E-state index contributed by atoms with van der Waals surface area (Å²) in [6, 6.07) is 8.90. The Bertz CT molecular complexity index is 920. The summed E-state index contributed by atoms with van der Waals surface area (Å²) >= 11 is 1.45. The first-order valence-electron chi connectivity index (χ1n) is 7.58. The Morgan fingerprint density at radius 3 is 3.00 bits per heavy atom. The molecule has 0 aliphatic rings. The fourth-order valence-corrected chi connectivity index (χ4v) is 3.08. The van der Waals surface area contributed by atoms with Crippen molar-refractivity contribution < 1.29 is 4.79 Å². The lowest BCUT2D eigenvalue weighted by atomic mass is 10.2. The van der Waals surface area contributed by atoms with Gasteiger partial charge in [-0.3, -0.25) is 4.79 Å². The Labute approximate surface area is 143 Å². The maximum absolute atomic E-state index is 12.1. The first-order valence-corrected chi connectivity index (χ1v) is 8.39. The summed E-state index contributed by atoms with van der Waals surface area (Å²) in [6.45, 7) is 4.08. The largest absolute Gasteiger partial charge is 0.326 e. The fraction of sp³-hybridized carbons (Fsp3) is 0.312. The topological polar surface area (TPSA) is 96.0 Å². The molecule has 122 valence electrons. The second kappa shape index (κ2) is 6.76. The van der Waals surface area contributed by atoms with Crippen molar-refractivity contribution in [3.05, 3.63) is 40.7 Å². The molecule has 0 saturated carbocycles. The quantitative estimate of drug-likeness (QED) is 0.770. The number of carbonyl (C=O) groups is 1. The minimum Gasteiger partial charge on any atom is -0.326 e. The van der Waals surface area contributed by atoms with Crippen LogP contribution < -0.4 is 5.32 Å².